The molecule has 2 aliphatic rings. The van der Waals surface area contributed by atoms with E-state index in [9.17, 15) is 4.79 Å². The van der Waals surface area contributed by atoms with Gasteiger partial charge in [0.25, 0.3) is 5.91 Å². The molecule has 0 N–H and O–H groups in total. The van der Waals surface area contributed by atoms with Crippen molar-refractivity contribution in [2.24, 2.45) is 5.92 Å². The molecule has 2 aliphatic heterocycles. The van der Waals surface area contributed by atoms with Gasteiger partial charge in [-0.25, -0.2) is 0 Å². The molecule has 2 unspecified atom stereocenters. The van der Waals surface area contributed by atoms with E-state index in [2.05, 4.69) is 22.0 Å². The van der Waals surface area contributed by atoms with E-state index in [0.717, 1.165) is 44.1 Å². The number of piperidine rings is 1. The molecule has 0 saturated carbocycles. The van der Waals surface area contributed by atoms with Gasteiger partial charge in [-0.15, -0.1) is 10.2 Å². The number of carbonyl (C=O) groups is 1. The lowest BCUT2D eigenvalue weighted by Crippen LogP contribution is -2.41. The second-order valence-corrected chi connectivity index (χ2v) is 7.13. The van der Waals surface area contributed by atoms with Crippen LogP contribution in [0.5, 0.6) is 0 Å². The fraction of sp³-hybridized carbons (Fsp3) is 0.526. The summed E-state index contributed by atoms with van der Waals surface area (Å²) in [6.07, 6.45) is 5.97. The van der Waals surface area contributed by atoms with E-state index in [4.69, 9.17) is 4.42 Å². The van der Waals surface area contributed by atoms with E-state index < -0.39 is 0 Å². The van der Waals surface area contributed by atoms with Crippen LogP contribution in [0.25, 0.3) is 0 Å². The molecule has 4 rings (SSSR count). The molecule has 2 saturated heterocycles. The summed E-state index contributed by atoms with van der Waals surface area (Å²) in [4.78, 5) is 17.1. The number of hydrogen-bond donors (Lipinski definition) is 0. The van der Waals surface area contributed by atoms with Crippen molar-refractivity contribution in [1.29, 1.82) is 0 Å². The zero-order chi connectivity index (χ0) is 17.2. The molecule has 1 amide bonds. The highest BCUT2D eigenvalue weighted by atomic mass is 16.3. The molecule has 0 radical (unpaired) electrons. The number of aromatic nitrogens is 2. The Balaban J connectivity index is 1.54. The first-order valence-electron chi connectivity index (χ1n) is 9.15. The van der Waals surface area contributed by atoms with Crippen molar-refractivity contribution in [2.75, 3.05) is 24.5 Å². The van der Waals surface area contributed by atoms with Gasteiger partial charge >= 0.3 is 0 Å². The minimum atomic E-state index is -0.0613. The Hall–Kier alpha value is -2.37. The van der Waals surface area contributed by atoms with Gasteiger partial charge in [0.1, 0.15) is 5.76 Å². The van der Waals surface area contributed by atoms with E-state index >= 15 is 0 Å². The van der Waals surface area contributed by atoms with Crippen LogP contribution in [0.3, 0.4) is 0 Å². The van der Waals surface area contributed by atoms with Crippen molar-refractivity contribution in [3.8, 4) is 0 Å². The Morgan fingerprint density at radius 1 is 1.16 bits per heavy atom. The first-order chi connectivity index (χ1) is 12.2. The van der Waals surface area contributed by atoms with Crippen LogP contribution in [-0.4, -0.2) is 40.6 Å². The third kappa shape index (κ3) is 3.25. The van der Waals surface area contributed by atoms with Crippen LogP contribution in [-0.2, 0) is 0 Å². The lowest BCUT2D eigenvalue weighted by atomic mass is 9.91. The average molecular weight is 340 g/mol. The molecule has 132 valence electrons. The fourth-order valence-electron chi connectivity index (χ4n) is 3.84. The van der Waals surface area contributed by atoms with Crippen LogP contribution in [0.4, 0.5) is 5.82 Å². The van der Waals surface area contributed by atoms with Crippen LogP contribution < -0.4 is 4.90 Å². The third-order valence-corrected chi connectivity index (χ3v) is 5.30. The highest BCUT2D eigenvalue weighted by Crippen LogP contribution is 2.35. The second kappa shape index (κ2) is 6.86. The predicted octanol–water partition coefficient (Wildman–Crippen LogP) is 3.28. The summed E-state index contributed by atoms with van der Waals surface area (Å²) >= 11 is 0. The molecule has 25 heavy (non-hydrogen) atoms. The van der Waals surface area contributed by atoms with Gasteiger partial charge in [0.15, 0.2) is 11.5 Å². The fourth-order valence-corrected chi connectivity index (χ4v) is 3.84. The van der Waals surface area contributed by atoms with Gasteiger partial charge in [-0.3, -0.25) is 4.79 Å². The van der Waals surface area contributed by atoms with E-state index in [-0.39, 0.29) is 11.9 Å². The molecular weight excluding hydrogens is 316 g/mol. The third-order valence-electron chi connectivity index (χ3n) is 5.30. The van der Waals surface area contributed by atoms with E-state index in [0.29, 0.717) is 11.6 Å². The van der Waals surface area contributed by atoms with Crippen molar-refractivity contribution in [3.63, 3.8) is 0 Å². The van der Waals surface area contributed by atoms with E-state index in [1.165, 1.54) is 12.8 Å². The molecule has 0 bridgehead atoms. The maximum absolute atomic E-state index is 13.0. The second-order valence-electron chi connectivity index (χ2n) is 7.13. The number of hydrogen-bond acceptors (Lipinski definition) is 5. The van der Waals surface area contributed by atoms with Crippen LogP contribution >= 0.6 is 0 Å². The van der Waals surface area contributed by atoms with Gasteiger partial charge in [-0.1, -0.05) is 6.92 Å². The molecular formula is C19H24N4O2. The first-order valence-corrected chi connectivity index (χ1v) is 9.15. The van der Waals surface area contributed by atoms with Gasteiger partial charge in [0, 0.05) is 19.6 Å². The summed E-state index contributed by atoms with van der Waals surface area (Å²) in [6, 6.07) is 7.53. The van der Waals surface area contributed by atoms with Crippen molar-refractivity contribution >= 4 is 11.7 Å². The van der Waals surface area contributed by atoms with Crippen LogP contribution in [0.15, 0.2) is 34.9 Å². The Kier molecular flexibility index (Phi) is 4.42. The molecule has 2 aromatic heterocycles. The molecule has 0 aromatic carbocycles. The Morgan fingerprint density at radius 2 is 2.00 bits per heavy atom. The zero-order valence-electron chi connectivity index (χ0n) is 14.6. The maximum Gasteiger partial charge on any atom is 0.274 e. The van der Waals surface area contributed by atoms with Crippen molar-refractivity contribution in [3.05, 3.63) is 42.0 Å². The quantitative estimate of drug-likeness (QED) is 0.858. The number of anilines is 1. The molecule has 6 nitrogen and oxygen atoms in total. The summed E-state index contributed by atoms with van der Waals surface area (Å²) in [6.45, 7) is 4.99. The molecule has 6 heteroatoms. The largest absolute Gasteiger partial charge is 0.467 e. The van der Waals surface area contributed by atoms with Gasteiger partial charge in [0.05, 0.1) is 12.3 Å². The summed E-state index contributed by atoms with van der Waals surface area (Å²) in [5.41, 5.74) is 0.411. The van der Waals surface area contributed by atoms with E-state index in [1.54, 1.807) is 12.3 Å². The monoisotopic (exact) mass is 340 g/mol. The number of furan rings is 1. The Labute approximate surface area is 147 Å². The van der Waals surface area contributed by atoms with Gasteiger partial charge in [-0.05, 0) is 55.9 Å². The standard InChI is InChI=1S/C19H24N4O2/c1-14-8-11-23(16(13-14)17-5-4-12-25-17)19(24)15-6-7-18(21-20-15)22-9-2-3-10-22/h4-7,12,14,16H,2-3,8-11,13H2,1H3. The van der Waals surface area contributed by atoms with Gasteiger partial charge < -0.3 is 14.2 Å². The number of amides is 1. The molecule has 2 fully saturated rings. The number of rotatable bonds is 3. The molecule has 2 atom stereocenters. The zero-order valence-corrected chi connectivity index (χ0v) is 14.6. The van der Waals surface area contributed by atoms with Gasteiger partial charge in [0.2, 0.25) is 0 Å². The summed E-state index contributed by atoms with van der Waals surface area (Å²) in [5, 5.41) is 8.50. The van der Waals surface area contributed by atoms with Crippen LogP contribution in [0.2, 0.25) is 0 Å². The van der Waals surface area contributed by atoms with E-state index in [1.807, 2.05) is 23.1 Å². The van der Waals surface area contributed by atoms with Crippen LogP contribution in [0, 0.1) is 5.92 Å². The normalized spacial score (nSPS) is 23.9. The van der Waals surface area contributed by atoms with Crippen molar-refractivity contribution in [1.82, 2.24) is 15.1 Å². The van der Waals surface area contributed by atoms with Crippen LogP contribution in [0.1, 0.15) is 54.9 Å². The Morgan fingerprint density at radius 3 is 2.68 bits per heavy atom. The summed E-state index contributed by atoms with van der Waals surface area (Å²) in [5.74, 6) is 2.22. The van der Waals surface area contributed by atoms with Crippen molar-refractivity contribution < 1.29 is 9.21 Å². The smallest absolute Gasteiger partial charge is 0.274 e. The lowest BCUT2D eigenvalue weighted by Gasteiger charge is -2.37. The number of nitrogens with zero attached hydrogens (tertiary/aromatic N) is 4. The summed E-state index contributed by atoms with van der Waals surface area (Å²) in [7, 11) is 0. The predicted molar refractivity (Wildman–Crippen MR) is 94.4 cm³/mol. The average Bonchev–Trinajstić information content (AvgIpc) is 3.35. The first kappa shape index (κ1) is 16.1. The lowest BCUT2D eigenvalue weighted by molar-refractivity contribution is 0.0514. The minimum Gasteiger partial charge on any atom is -0.467 e. The highest BCUT2D eigenvalue weighted by molar-refractivity contribution is 5.92. The number of likely N-dealkylation sites (tertiary alicyclic amines) is 1. The molecule has 4 heterocycles. The minimum absolute atomic E-state index is 0.0219. The maximum atomic E-state index is 13.0. The SMILES string of the molecule is CC1CCN(C(=O)c2ccc(N3CCCC3)nn2)C(c2ccco2)C1. The molecule has 2 aromatic rings. The van der Waals surface area contributed by atoms with Crippen molar-refractivity contribution in [2.45, 2.75) is 38.6 Å². The number of carbonyl (C=O) groups excluding carboxylic acids is 1. The Bertz CT molecular complexity index is 708. The summed E-state index contributed by atoms with van der Waals surface area (Å²) < 4.78 is 5.59. The molecule has 0 spiro atoms. The van der Waals surface area contributed by atoms with Gasteiger partial charge in [-0.2, -0.15) is 0 Å². The highest BCUT2D eigenvalue weighted by Gasteiger charge is 2.34. The molecule has 0 aliphatic carbocycles. The topological polar surface area (TPSA) is 62.5 Å².